The lowest BCUT2D eigenvalue weighted by molar-refractivity contribution is 0.247. The fraction of sp³-hybridized carbons (Fsp3) is 0.200. The molecule has 1 aromatic carbocycles. The summed E-state index contributed by atoms with van der Waals surface area (Å²) in [5.41, 5.74) is 0. The Kier molecular flexibility index (Phi) is 2.96. The van der Waals surface area contributed by atoms with Crippen LogP contribution in [-0.2, 0) is 6.61 Å². The van der Waals surface area contributed by atoms with Gasteiger partial charge in [0.2, 0.25) is 0 Å². The number of aliphatic hydroxyl groups excluding tert-OH is 1. The molecule has 0 fully saturated rings. The first kappa shape index (κ1) is 10.1. The van der Waals surface area contributed by atoms with Crippen molar-refractivity contribution in [2.24, 2.45) is 0 Å². The van der Waals surface area contributed by atoms with E-state index < -0.39 is 0 Å². The Labute approximate surface area is 82.6 Å². The lowest BCUT2D eigenvalue weighted by atomic mass is 10.1. The molecule has 0 atom stereocenters. The molecule has 0 amide bonds. The highest BCUT2D eigenvalue weighted by molar-refractivity contribution is 5.86. The largest absolute Gasteiger partial charge is 0.463 e. The van der Waals surface area contributed by atoms with E-state index in [1.165, 1.54) is 0 Å². The molecular formula is C10H11ClO2. The normalized spacial score (nSPS) is 10.0. The second-order valence-electron chi connectivity index (χ2n) is 2.79. The minimum Gasteiger partial charge on any atom is -0.463 e. The zero-order valence-electron chi connectivity index (χ0n) is 7.28. The molecule has 1 N–H and O–H groups in total. The molecule has 2 nitrogen and oxygen atoms in total. The van der Waals surface area contributed by atoms with Crippen LogP contribution in [-0.4, -0.2) is 5.11 Å². The van der Waals surface area contributed by atoms with E-state index in [0.717, 1.165) is 16.5 Å². The number of benzene rings is 1. The number of hydrogen-bond donors (Lipinski definition) is 1. The predicted octanol–water partition coefficient (Wildman–Crippen LogP) is 2.66. The van der Waals surface area contributed by atoms with Gasteiger partial charge in [-0.3, -0.25) is 0 Å². The molecule has 0 bridgehead atoms. The number of rotatable bonds is 1. The van der Waals surface area contributed by atoms with E-state index in [-0.39, 0.29) is 19.0 Å². The van der Waals surface area contributed by atoms with Crippen LogP contribution in [0.2, 0.25) is 0 Å². The number of furan rings is 1. The summed E-state index contributed by atoms with van der Waals surface area (Å²) < 4.78 is 5.36. The maximum absolute atomic E-state index is 8.96. The summed E-state index contributed by atoms with van der Waals surface area (Å²) in [4.78, 5) is 0. The van der Waals surface area contributed by atoms with Crippen molar-refractivity contribution in [1.82, 2.24) is 0 Å². The molecule has 70 valence electrons. The van der Waals surface area contributed by atoms with Gasteiger partial charge in [0.1, 0.15) is 18.1 Å². The van der Waals surface area contributed by atoms with Crippen LogP contribution in [0.5, 0.6) is 0 Å². The SMILES string of the molecule is Cc1oc(CO)c2ccccc12.Cl. The van der Waals surface area contributed by atoms with E-state index in [2.05, 4.69) is 0 Å². The summed E-state index contributed by atoms with van der Waals surface area (Å²) in [6, 6.07) is 7.85. The minimum absolute atomic E-state index is 0. The molecule has 3 heteroatoms. The van der Waals surface area contributed by atoms with Gasteiger partial charge < -0.3 is 9.52 Å². The molecule has 0 radical (unpaired) electrons. The summed E-state index contributed by atoms with van der Waals surface area (Å²) >= 11 is 0. The van der Waals surface area contributed by atoms with Gasteiger partial charge in [0.25, 0.3) is 0 Å². The van der Waals surface area contributed by atoms with E-state index in [1.807, 2.05) is 31.2 Å². The highest BCUT2D eigenvalue weighted by Crippen LogP contribution is 2.24. The molecule has 0 aliphatic heterocycles. The zero-order chi connectivity index (χ0) is 8.55. The van der Waals surface area contributed by atoms with Gasteiger partial charge in [-0.25, -0.2) is 0 Å². The van der Waals surface area contributed by atoms with Gasteiger partial charge in [0.05, 0.1) is 0 Å². The number of hydrogen-bond acceptors (Lipinski definition) is 2. The first-order valence-electron chi connectivity index (χ1n) is 3.91. The predicted molar refractivity (Wildman–Crippen MR) is 54.1 cm³/mol. The Hall–Kier alpha value is -0.990. The van der Waals surface area contributed by atoms with Gasteiger partial charge in [-0.2, -0.15) is 0 Å². The lowest BCUT2D eigenvalue weighted by Gasteiger charge is -1.88. The van der Waals surface area contributed by atoms with Crippen molar-refractivity contribution in [2.75, 3.05) is 0 Å². The molecule has 1 heterocycles. The summed E-state index contributed by atoms with van der Waals surface area (Å²) in [6.45, 7) is 1.87. The van der Waals surface area contributed by atoms with Crippen LogP contribution in [0.1, 0.15) is 11.5 Å². The van der Waals surface area contributed by atoms with Crippen LogP contribution in [0.15, 0.2) is 28.7 Å². The molecule has 0 saturated carbocycles. The number of fused-ring (bicyclic) bond motifs is 1. The molecule has 0 saturated heterocycles. The van der Waals surface area contributed by atoms with Crippen molar-refractivity contribution >= 4 is 23.2 Å². The molecule has 0 unspecified atom stereocenters. The second-order valence-corrected chi connectivity index (χ2v) is 2.79. The standard InChI is InChI=1S/C10H10O2.ClH/c1-7-8-4-2-3-5-9(8)10(6-11)12-7;/h2-5,11H,6H2,1H3;1H. The van der Waals surface area contributed by atoms with Crippen molar-refractivity contribution in [1.29, 1.82) is 0 Å². The third kappa shape index (κ3) is 1.55. The maximum atomic E-state index is 8.96. The van der Waals surface area contributed by atoms with Crippen LogP contribution < -0.4 is 0 Å². The van der Waals surface area contributed by atoms with Gasteiger partial charge in [0, 0.05) is 10.8 Å². The topological polar surface area (TPSA) is 33.4 Å². The number of aliphatic hydroxyl groups is 1. The van der Waals surface area contributed by atoms with Crippen LogP contribution in [0.3, 0.4) is 0 Å². The first-order valence-corrected chi connectivity index (χ1v) is 3.91. The van der Waals surface area contributed by atoms with Crippen LogP contribution in [0.25, 0.3) is 10.8 Å². The second kappa shape index (κ2) is 3.81. The first-order chi connectivity index (χ1) is 5.83. The summed E-state index contributed by atoms with van der Waals surface area (Å²) in [7, 11) is 0. The van der Waals surface area contributed by atoms with Crippen LogP contribution in [0, 0.1) is 6.92 Å². The molecule has 0 aliphatic rings. The minimum atomic E-state index is -0.0334. The molecular weight excluding hydrogens is 188 g/mol. The average molecular weight is 199 g/mol. The molecule has 0 spiro atoms. The third-order valence-corrected chi connectivity index (χ3v) is 2.03. The molecule has 2 aromatic rings. The summed E-state index contributed by atoms with van der Waals surface area (Å²) in [5, 5.41) is 11.1. The van der Waals surface area contributed by atoms with Crippen molar-refractivity contribution in [2.45, 2.75) is 13.5 Å². The fourth-order valence-electron chi connectivity index (χ4n) is 1.45. The smallest absolute Gasteiger partial charge is 0.137 e. The van der Waals surface area contributed by atoms with Gasteiger partial charge in [-0.05, 0) is 6.92 Å². The van der Waals surface area contributed by atoms with Gasteiger partial charge in [-0.1, -0.05) is 24.3 Å². The van der Waals surface area contributed by atoms with Crippen LogP contribution >= 0.6 is 12.4 Å². The van der Waals surface area contributed by atoms with Crippen molar-refractivity contribution in [3.05, 3.63) is 35.8 Å². The molecule has 0 aliphatic carbocycles. The molecule has 1 aromatic heterocycles. The highest BCUT2D eigenvalue weighted by Gasteiger charge is 2.07. The third-order valence-electron chi connectivity index (χ3n) is 2.03. The van der Waals surface area contributed by atoms with E-state index in [1.54, 1.807) is 0 Å². The van der Waals surface area contributed by atoms with Gasteiger partial charge >= 0.3 is 0 Å². The maximum Gasteiger partial charge on any atom is 0.137 e. The van der Waals surface area contributed by atoms with Crippen molar-refractivity contribution in [3.63, 3.8) is 0 Å². The van der Waals surface area contributed by atoms with Crippen molar-refractivity contribution < 1.29 is 9.52 Å². The quantitative estimate of drug-likeness (QED) is 0.765. The Morgan fingerprint density at radius 3 is 2.46 bits per heavy atom. The Morgan fingerprint density at radius 1 is 1.23 bits per heavy atom. The fourth-order valence-corrected chi connectivity index (χ4v) is 1.45. The van der Waals surface area contributed by atoms with E-state index in [9.17, 15) is 0 Å². The highest BCUT2D eigenvalue weighted by atomic mass is 35.5. The van der Waals surface area contributed by atoms with Gasteiger partial charge in [-0.15, -0.1) is 12.4 Å². The Bertz CT molecular complexity index is 406. The van der Waals surface area contributed by atoms with E-state index in [4.69, 9.17) is 9.52 Å². The number of aryl methyl sites for hydroxylation is 1. The monoisotopic (exact) mass is 198 g/mol. The van der Waals surface area contributed by atoms with Crippen LogP contribution in [0.4, 0.5) is 0 Å². The Morgan fingerprint density at radius 2 is 1.85 bits per heavy atom. The van der Waals surface area contributed by atoms with E-state index in [0.29, 0.717) is 5.76 Å². The summed E-state index contributed by atoms with van der Waals surface area (Å²) in [6.07, 6.45) is 0. The Balaban J connectivity index is 0.000000845. The van der Waals surface area contributed by atoms with Gasteiger partial charge in [0.15, 0.2) is 0 Å². The average Bonchev–Trinajstić information content (AvgIpc) is 2.44. The summed E-state index contributed by atoms with van der Waals surface area (Å²) in [5.74, 6) is 1.53. The van der Waals surface area contributed by atoms with E-state index >= 15 is 0 Å². The number of halogens is 1. The lowest BCUT2D eigenvalue weighted by Crippen LogP contribution is -1.76. The molecule has 2 rings (SSSR count). The molecule has 13 heavy (non-hydrogen) atoms. The van der Waals surface area contributed by atoms with Crippen molar-refractivity contribution in [3.8, 4) is 0 Å². The zero-order valence-corrected chi connectivity index (χ0v) is 8.10.